The predicted octanol–water partition coefficient (Wildman–Crippen LogP) is 3.78. The van der Waals surface area contributed by atoms with E-state index in [0.29, 0.717) is 40.4 Å². The van der Waals surface area contributed by atoms with Gasteiger partial charge < -0.3 is 9.84 Å². The Bertz CT molecular complexity index is 1240. The van der Waals surface area contributed by atoms with Crippen molar-refractivity contribution < 1.29 is 9.84 Å². The zero-order valence-electron chi connectivity index (χ0n) is 18.5. The molecule has 0 radical (unpaired) electrons. The Balaban J connectivity index is 1.45. The minimum Gasteiger partial charge on any atom is -0.484 e. The molecule has 1 fully saturated rings. The Hall–Kier alpha value is -2.32. The van der Waals surface area contributed by atoms with E-state index < -0.39 is 0 Å². The molecule has 33 heavy (non-hydrogen) atoms. The van der Waals surface area contributed by atoms with Crippen molar-refractivity contribution in [1.29, 1.82) is 0 Å². The van der Waals surface area contributed by atoms with Gasteiger partial charge in [-0.3, -0.25) is 9.47 Å². The fraction of sp³-hybridized carbons (Fsp3) is 0.417. The van der Waals surface area contributed by atoms with E-state index in [2.05, 4.69) is 10.00 Å². The number of aryl methyl sites for hydroxylation is 1. The lowest BCUT2D eigenvalue weighted by atomic mass is 10.1. The van der Waals surface area contributed by atoms with Crippen molar-refractivity contribution >= 4 is 23.2 Å². The highest BCUT2D eigenvalue weighted by molar-refractivity contribution is 6.35. The summed E-state index contributed by atoms with van der Waals surface area (Å²) in [5, 5.41) is 15.7. The topological polar surface area (TPSA) is 72.5 Å². The average molecular weight is 489 g/mol. The Labute approximate surface area is 202 Å². The minimum absolute atomic E-state index is 0.0540. The van der Waals surface area contributed by atoms with Crippen molar-refractivity contribution in [3.8, 4) is 11.4 Å². The highest BCUT2D eigenvalue weighted by Crippen LogP contribution is 2.43. The van der Waals surface area contributed by atoms with Gasteiger partial charge in [-0.25, -0.2) is 4.79 Å². The number of β-amino-alcohol motifs (C(OH)–C–C–N with tert-alkyl or cyclic N) is 1. The minimum atomic E-state index is -0.322. The smallest absolute Gasteiger partial charge is 0.350 e. The molecule has 1 unspecified atom stereocenters. The van der Waals surface area contributed by atoms with Gasteiger partial charge in [0, 0.05) is 35.2 Å². The molecule has 1 aliphatic carbocycles. The number of halogens is 2. The lowest BCUT2D eigenvalue weighted by Crippen LogP contribution is -2.39. The number of nitrogens with zero attached hydrogens (tertiary/aromatic N) is 4. The number of aliphatic hydroxyl groups excluding tert-OH is 1. The lowest BCUT2D eigenvalue weighted by Gasteiger charge is -2.30. The highest BCUT2D eigenvalue weighted by atomic mass is 35.5. The van der Waals surface area contributed by atoms with Gasteiger partial charge in [0.1, 0.15) is 17.7 Å². The zero-order chi connectivity index (χ0) is 23.3. The van der Waals surface area contributed by atoms with Gasteiger partial charge in [-0.1, -0.05) is 23.2 Å². The first-order valence-electron chi connectivity index (χ1n) is 11.2. The van der Waals surface area contributed by atoms with E-state index in [9.17, 15) is 9.90 Å². The maximum absolute atomic E-state index is 12.6. The van der Waals surface area contributed by atoms with E-state index in [4.69, 9.17) is 27.9 Å². The molecule has 3 aromatic rings. The summed E-state index contributed by atoms with van der Waals surface area (Å²) in [6.45, 7) is 5.75. The molecule has 0 amide bonds. The molecule has 2 aromatic carbocycles. The predicted molar refractivity (Wildman–Crippen MR) is 128 cm³/mol. The number of hydrogen-bond donors (Lipinski definition) is 1. The van der Waals surface area contributed by atoms with Crippen molar-refractivity contribution in [2.24, 2.45) is 0 Å². The van der Waals surface area contributed by atoms with Crippen LogP contribution < -0.4 is 10.4 Å². The zero-order valence-corrected chi connectivity index (χ0v) is 20.1. The summed E-state index contributed by atoms with van der Waals surface area (Å²) in [6.07, 6.45) is 0.902. The maximum atomic E-state index is 12.6. The molecule has 3 atom stereocenters. The van der Waals surface area contributed by atoms with Crippen LogP contribution >= 0.6 is 23.2 Å². The third-order valence-corrected chi connectivity index (χ3v) is 7.19. The number of likely N-dealkylation sites (tertiary alicyclic amines) is 1. The van der Waals surface area contributed by atoms with E-state index in [-0.39, 0.29) is 23.9 Å². The maximum Gasteiger partial charge on any atom is 0.350 e. The number of aromatic nitrogens is 3. The summed E-state index contributed by atoms with van der Waals surface area (Å²) in [5.74, 6) is 1.35. The summed E-state index contributed by atoms with van der Waals surface area (Å²) in [6, 6.07) is 11.1. The molecule has 2 aliphatic rings. The fourth-order valence-corrected chi connectivity index (χ4v) is 5.57. The molecule has 0 saturated carbocycles. The van der Waals surface area contributed by atoms with Gasteiger partial charge in [-0.2, -0.15) is 9.78 Å². The summed E-state index contributed by atoms with van der Waals surface area (Å²) >= 11 is 12.8. The third kappa shape index (κ3) is 4.08. The number of aliphatic hydroxyl groups is 1. The second-order valence-corrected chi connectivity index (χ2v) is 9.53. The van der Waals surface area contributed by atoms with Crippen molar-refractivity contribution in [2.45, 2.75) is 51.5 Å². The van der Waals surface area contributed by atoms with Gasteiger partial charge in [-0.05, 0) is 68.7 Å². The second-order valence-electron chi connectivity index (χ2n) is 8.68. The molecule has 7 nitrogen and oxygen atoms in total. The normalized spacial score (nSPS) is 22.6. The van der Waals surface area contributed by atoms with Gasteiger partial charge in [0.15, 0.2) is 0 Å². The largest absolute Gasteiger partial charge is 0.484 e. The molecule has 1 aromatic heterocycles. The average Bonchev–Trinajstić information content (AvgIpc) is 3.45. The first kappa shape index (κ1) is 22.5. The first-order chi connectivity index (χ1) is 15.9. The number of benzene rings is 2. The third-order valence-electron chi connectivity index (χ3n) is 6.64. The van der Waals surface area contributed by atoms with Crippen LogP contribution in [-0.2, 0) is 13.0 Å². The molecule has 0 spiro atoms. The van der Waals surface area contributed by atoms with Crippen LogP contribution in [0.2, 0.25) is 10.0 Å². The Morgan fingerprint density at radius 3 is 2.61 bits per heavy atom. The van der Waals surface area contributed by atoms with Crippen LogP contribution in [0.4, 0.5) is 0 Å². The van der Waals surface area contributed by atoms with Gasteiger partial charge in [0.25, 0.3) is 0 Å². The lowest BCUT2D eigenvalue weighted by molar-refractivity contribution is 0.0818. The van der Waals surface area contributed by atoms with E-state index in [1.807, 2.05) is 44.2 Å². The molecule has 2 heterocycles. The van der Waals surface area contributed by atoms with Gasteiger partial charge in [0.05, 0.1) is 17.8 Å². The summed E-state index contributed by atoms with van der Waals surface area (Å²) in [4.78, 5) is 14.9. The van der Waals surface area contributed by atoms with Crippen LogP contribution in [0.3, 0.4) is 0 Å². The molecule has 1 aliphatic heterocycles. The van der Waals surface area contributed by atoms with Crippen LogP contribution in [0.25, 0.3) is 5.69 Å². The Kier molecular flexibility index (Phi) is 5.99. The summed E-state index contributed by atoms with van der Waals surface area (Å²) < 4.78 is 9.52. The van der Waals surface area contributed by atoms with Crippen molar-refractivity contribution in [2.75, 3.05) is 13.1 Å². The number of hydrogen-bond acceptors (Lipinski definition) is 5. The van der Waals surface area contributed by atoms with Gasteiger partial charge in [0.2, 0.25) is 0 Å². The van der Waals surface area contributed by atoms with E-state index in [1.54, 1.807) is 10.6 Å². The standard InChI is InChI=1S/C24H26Cl2N4O3/c1-3-29-14(2)27-30(24(29)32)16-4-6-18(7-5-16)33-23-20-10-15(25)11-21(26)19(20)12-22(23)28-9-8-17(31)13-28/h4-7,10-11,17,22-23,31H,3,8-9,12-13H2,1-2H3/t17?,22-,23-/m0/s1. The molecular formula is C24H26Cl2N4O3. The second kappa shape index (κ2) is 8.80. The van der Waals surface area contributed by atoms with Crippen molar-refractivity contribution in [3.05, 3.63) is 73.9 Å². The molecule has 0 bridgehead atoms. The summed E-state index contributed by atoms with van der Waals surface area (Å²) in [7, 11) is 0. The highest BCUT2D eigenvalue weighted by Gasteiger charge is 2.41. The Morgan fingerprint density at radius 2 is 1.97 bits per heavy atom. The summed E-state index contributed by atoms with van der Waals surface area (Å²) in [5.41, 5.74) is 2.54. The van der Waals surface area contributed by atoms with Crippen LogP contribution in [0, 0.1) is 6.92 Å². The van der Waals surface area contributed by atoms with E-state index in [1.165, 1.54) is 4.68 Å². The van der Waals surface area contributed by atoms with Crippen LogP contribution in [0.1, 0.15) is 36.4 Å². The number of rotatable bonds is 5. The fourth-order valence-electron chi connectivity index (χ4n) is 4.99. The van der Waals surface area contributed by atoms with E-state index in [0.717, 1.165) is 30.5 Å². The van der Waals surface area contributed by atoms with Gasteiger partial charge in [-0.15, -0.1) is 0 Å². The number of ether oxygens (including phenoxy) is 1. The van der Waals surface area contributed by atoms with Crippen molar-refractivity contribution in [3.63, 3.8) is 0 Å². The number of fused-ring (bicyclic) bond motifs is 1. The molecule has 1 saturated heterocycles. The molecular weight excluding hydrogens is 463 g/mol. The molecule has 174 valence electrons. The van der Waals surface area contributed by atoms with Crippen LogP contribution in [0.5, 0.6) is 5.75 Å². The molecule has 9 heteroatoms. The SMILES string of the molecule is CCn1c(C)nn(-c2ccc(O[C@H]3c4cc(Cl)cc(Cl)c4C[C@@H]3N3CCC(O)C3)cc2)c1=O. The quantitative estimate of drug-likeness (QED) is 0.591. The van der Waals surface area contributed by atoms with Crippen LogP contribution in [0.15, 0.2) is 41.2 Å². The monoisotopic (exact) mass is 488 g/mol. The first-order valence-corrected chi connectivity index (χ1v) is 11.9. The molecule has 1 N–H and O–H groups in total. The van der Waals surface area contributed by atoms with Crippen molar-refractivity contribution in [1.82, 2.24) is 19.2 Å². The Morgan fingerprint density at radius 1 is 1.21 bits per heavy atom. The molecule has 5 rings (SSSR count). The van der Waals surface area contributed by atoms with E-state index >= 15 is 0 Å². The van der Waals surface area contributed by atoms with Crippen LogP contribution in [-0.4, -0.2) is 49.6 Å². The van der Waals surface area contributed by atoms with Gasteiger partial charge >= 0.3 is 5.69 Å².